The molecule has 0 spiro atoms. The fourth-order valence-corrected chi connectivity index (χ4v) is 2.09. The lowest BCUT2D eigenvalue weighted by molar-refractivity contribution is -0.274. The van der Waals surface area contributed by atoms with Crippen LogP contribution in [-0.4, -0.2) is 12.3 Å². The second-order valence-electron chi connectivity index (χ2n) is 4.56. The Hall–Kier alpha value is -1.98. The van der Waals surface area contributed by atoms with Crippen molar-refractivity contribution < 1.29 is 22.7 Å². The van der Waals surface area contributed by atoms with Gasteiger partial charge in [0.15, 0.2) is 5.75 Å². The van der Waals surface area contributed by atoms with Crippen molar-refractivity contribution in [2.45, 2.75) is 25.6 Å². The number of carbonyl (C=O) groups is 1. The number of rotatable bonds is 4. The van der Waals surface area contributed by atoms with Crippen LogP contribution in [0.3, 0.4) is 0 Å². The molecule has 1 aliphatic rings. The highest BCUT2D eigenvalue weighted by atomic mass is 19.4. The Morgan fingerprint density at radius 2 is 2.10 bits per heavy atom. The molecule has 2 rings (SSSR count). The molecule has 0 radical (unpaired) electrons. The average molecular weight is 285 g/mol. The van der Waals surface area contributed by atoms with Crippen molar-refractivity contribution in [2.24, 2.45) is 5.92 Å². The van der Waals surface area contributed by atoms with Gasteiger partial charge in [-0.1, -0.05) is 24.3 Å². The van der Waals surface area contributed by atoms with E-state index in [0.717, 1.165) is 12.8 Å². The molecule has 1 aliphatic carbocycles. The van der Waals surface area contributed by atoms with Gasteiger partial charge in [-0.15, -0.1) is 13.2 Å². The number of benzene rings is 1. The van der Waals surface area contributed by atoms with Crippen LogP contribution in [0.1, 0.15) is 19.3 Å². The van der Waals surface area contributed by atoms with Crippen molar-refractivity contribution in [1.82, 2.24) is 0 Å². The fourth-order valence-electron chi connectivity index (χ4n) is 2.09. The monoisotopic (exact) mass is 285 g/mol. The minimum Gasteiger partial charge on any atom is -0.404 e. The van der Waals surface area contributed by atoms with E-state index >= 15 is 0 Å². The third-order valence-electron chi connectivity index (χ3n) is 2.95. The molecule has 0 heterocycles. The van der Waals surface area contributed by atoms with Crippen LogP contribution in [-0.2, 0) is 4.79 Å². The minimum absolute atomic E-state index is 0.0248. The largest absolute Gasteiger partial charge is 0.573 e. The summed E-state index contributed by atoms with van der Waals surface area (Å²) in [6.45, 7) is 0. The van der Waals surface area contributed by atoms with E-state index in [1.54, 1.807) is 0 Å². The average Bonchev–Trinajstić information content (AvgIpc) is 2.82. The maximum absolute atomic E-state index is 12.2. The predicted molar refractivity (Wildman–Crippen MR) is 68.2 cm³/mol. The predicted octanol–water partition coefficient (Wildman–Crippen LogP) is 3.88. The summed E-state index contributed by atoms with van der Waals surface area (Å²) >= 11 is 0. The zero-order valence-corrected chi connectivity index (χ0v) is 10.6. The summed E-state index contributed by atoms with van der Waals surface area (Å²) in [5.41, 5.74) is 0.0248. The Labute approximate surface area is 114 Å². The van der Waals surface area contributed by atoms with Gasteiger partial charge in [-0.25, -0.2) is 0 Å². The van der Waals surface area contributed by atoms with E-state index in [1.807, 2.05) is 12.2 Å². The Morgan fingerprint density at radius 3 is 2.75 bits per heavy atom. The van der Waals surface area contributed by atoms with Gasteiger partial charge in [0, 0.05) is 6.42 Å². The van der Waals surface area contributed by atoms with Crippen molar-refractivity contribution >= 4 is 11.6 Å². The normalized spacial score (nSPS) is 18.1. The summed E-state index contributed by atoms with van der Waals surface area (Å²) in [7, 11) is 0. The number of allylic oxidation sites excluding steroid dienone is 2. The van der Waals surface area contributed by atoms with E-state index in [9.17, 15) is 18.0 Å². The van der Waals surface area contributed by atoms with Crippen LogP contribution in [0, 0.1) is 5.92 Å². The van der Waals surface area contributed by atoms with E-state index < -0.39 is 12.1 Å². The van der Waals surface area contributed by atoms with Crippen molar-refractivity contribution in [3.63, 3.8) is 0 Å². The van der Waals surface area contributed by atoms with Crippen LogP contribution in [0.25, 0.3) is 0 Å². The molecule has 20 heavy (non-hydrogen) atoms. The Bertz CT molecular complexity index is 511. The number of hydrogen-bond acceptors (Lipinski definition) is 2. The van der Waals surface area contributed by atoms with Crippen LogP contribution in [0.5, 0.6) is 5.75 Å². The van der Waals surface area contributed by atoms with E-state index in [0.29, 0.717) is 0 Å². The SMILES string of the molecule is O=C(CC1C=CCC1)Nc1ccccc1OC(F)(F)F. The highest BCUT2D eigenvalue weighted by Gasteiger charge is 2.32. The zero-order valence-electron chi connectivity index (χ0n) is 10.6. The van der Waals surface area contributed by atoms with Gasteiger partial charge in [0.05, 0.1) is 5.69 Å². The van der Waals surface area contributed by atoms with Crippen molar-refractivity contribution in [3.05, 3.63) is 36.4 Å². The Morgan fingerprint density at radius 1 is 1.35 bits per heavy atom. The maximum atomic E-state index is 12.2. The summed E-state index contributed by atoms with van der Waals surface area (Å²) < 4.78 is 40.6. The highest BCUT2D eigenvalue weighted by molar-refractivity contribution is 5.92. The number of carbonyl (C=O) groups excluding carboxylic acids is 1. The van der Waals surface area contributed by atoms with Gasteiger partial charge < -0.3 is 10.1 Å². The lowest BCUT2D eigenvalue weighted by Crippen LogP contribution is -2.20. The number of anilines is 1. The number of nitrogens with one attached hydrogen (secondary N) is 1. The first-order chi connectivity index (χ1) is 9.44. The second-order valence-corrected chi connectivity index (χ2v) is 4.56. The number of halogens is 3. The molecule has 0 aromatic heterocycles. The van der Waals surface area contributed by atoms with E-state index in [4.69, 9.17) is 0 Å². The third-order valence-corrected chi connectivity index (χ3v) is 2.95. The van der Waals surface area contributed by atoms with Crippen LogP contribution in [0.4, 0.5) is 18.9 Å². The van der Waals surface area contributed by atoms with Crippen LogP contribution >= 0.6 is 0 Å². The summed E-state index contributed by atoms with van der Waals surface area (Å²) in [4.78, 5) is 11.8. The quantitative estimate of drug-likeness (QED) is 0.852. The van der Waals surface area contributed by atoms with Crippen LogP contribution < -0.4 is 10.1 Å². The van der Waals surface area contributed by atoms with E-state index in [1.165, 1.54) is 24.3 Å². The van der Waals surface area contributed by atoms with Crippen LogP contribution in [0.2, 0.25) is 0 Å². The summed E-state index contributed by atoms with van der Waals surface area (Å²) in [6, 6.07) is 5.49. The molecule has 1 amide bonds. The number of para-hydroxylation sites is 2. The molecule has 1 aromatic rings. The first kappa shape index (κ1) is 14.4. The number of amides is 1. The van der Waals surface area contributed by atoms with Gasteiger partial charge in [-0.05, 0) is 30.9 Å². The molecule has 3 nitrogen and oxygen atoms in total. The van der Waals surface area contributed by atoms with Crippen molar-refractivity contribution in [3.8, 4) is 5.75 Å². The fraction of sp³-hybridized carbons (Fsp3) is 0.357. The Kier molecular flexibility index (Phi) is 4.32. The van der Waals surface area contributed by atoms with E-state index in [-0.39, 0.29) is 23.9 Å². The molecule has 1 N–H and O–H groups in total. The van der Waals surface area contributed by atoms with Gasteiger partial charge >= 0.3 is 6.36 Å². The first-order valence-electron chi connectivity index (χ1n) is 6.25. The molecule has 0 bridgehead atoms. The van der Waals surface area contributed by atoms with Gasteiger partial charge in [0.25, 0.3) is 0 Å². The highest BCUT2D eigenvalue weighted by Crippen LogP contribution is 2.30. The maximum Gasteiger partial charge on any atom is 0.573 e. The Balaban J connectivity index is 2.01. The first-order valence-corrected chi connectivity index (χ1v) is 6.25. The topological polar surface area (TPSA) is 38.3 Å². The number of ether oxygens (including phenoxy) is 1. The molecule has 1 atom stereocenters. The molecule has 0 saturated carbocycles. The van der Waals surface area contributed by atoms with Gasteiger partial charge in [0.1, 0.15) is 0 Å². The number of alkyl halides is 3. The van der Waals surface area contributed by atoms with Gasteiger partial charge in [-0.3, -0.25) is 4.79 Å². The number of hydrogen-bond donors (Lipinski definition) is 1. The second kappa shape index (κ2) is 5.98. The smallest absolute Gasteiger partial charge is 0.404 e. The molecule has 0 saturated heterocycles. The zero-order chi connectivity index (χ0) is 14.6. The molecule has 1 unspecified atom stereocenters. The lowest BCUT2D eigenvalue weighted by Gasteiger charge is -2.14. The molecule has 0 fully saturated rings. The van der Waals surface area contributed by atoms with Gasteiger partial charge in [0.2, 0.25) is 5.91 Å². The molecular weight excluding hydrogens is 271 g/mol. The summed E-state index contributed by atoms with van der Waals surface area (Å²) in [5, 5.41) is 2.46. The molecule has 0 aliphatic heterocycles. The third kappa shape index (κ3) is 4.29. The van der Waals surface area contributed by atoms with Crippen molar-refractivity contribution in [1.29, 1.82) is 0 Å². The minimum atomic E-state index is -4.78. The lowest BCUT2D eigenvalue weighted by atomic mass is 10.1. The molecule has 108 valence electrons. The molecule has 1 aromatic carbocycles. The standard InChI is InChI=1S/C14H14F3NO2/c15-14(16,17)20-12-8-4-3-7-11(12)18-13(19)9-10-5-1-2-6-10/h1,3-5,7-8,10H,2,6,9H2,(H,18,19). The van der Waals surface area contributed by atoms with Crippen LogP contribution in [0.15, 0.2) is 36.4 Å². The summed E-state index contributed by atoms with van der Waals surface area (Å²) in [6.07, 6.45) is 1.27. The van der Waals surface area contributed by atoms with E-state index in [2.05, 4.69) is 10.1 Å². The molecular formula is C14H14F3NO2. The molecule has 6 heteroatoms. The summed E-state index contributed by atoms with van der Waals surface area (Å²) in [5.74, 6) is -0.569. The van der Waals surface area contributed by atoms with Gasteiger partial charge in [-0.2, -0.15) is 0 Å². The van der Waals surface area contributed by atoms with Crippen molar-refractivity contribution in [2.75, 3.05) is 5.32 Å².